The number of aliphatic hydroxyl groups is 1. The van der Waals surface area contributed by atoms with Crippen LogP contribution in [-0.4, -0.2) is 80.4 Å². The Morgan fingerprint density at radius 3 is 2.45 bits per heavy atom. The molecule has 1 atom stereocenters. The lowest BCUT2D eigenvalue weighted by Gasteiger charge is -2.47. The number of likely N-dealkylation sites (tertiary alicyclic amines) is 2. The van der Waals surface area contributed by atoms with Crippen LogP contribution in [0.3, 0.4) is 0 Å². The zero-order valence-corrected chi connectivity index (χ0v) is 19.4. The van der Waals surface area contributed by atoms with E-state index in [4.69, 9.17) is 4.74 Å². The molecule has 0 amide bonds. The summed E-state index contributed by atoms with van der Waals surface area (Å²) in [6.45, 7) is 9.01. The fourth-order valence-electron chi connectivity index (χ4n) is 5.56. The molecule has 1 aromatic carbocycles. The predicted octanol–water partition coefficient (Wildman–Crippen LogP) is 2.01. The Bertz CT molecular complexity index is 1030. The minimum Gasteiger partial charge on any atom is -0.456 e. The van der Waals surface area contributed by atoms with Crippen LogP contribution in [0, 0.1) is 12.3 Å². The molecule has 0 radical (unpaired) electrons. The first-order chi connectivity index (χ1) is 15.9. The lowest BCUT2D eigenvalue weighted by atomic mass is 9.71. The van der Waals surface area contributed by atoms with Gasteiger partial charge in [0.1, 0.15) is 12.9 Å². The van der Waals surface area contributed by atoms with E-state index in [9.17, 15) is 9.90 Å². The van der Waals surface area contributed by atoms with Crippen LogP contribution in [0.5, 0.6) is 0 Å². The maximum Gasteiger partial charge on any atom is 0.335 e. The number of rotatable bonds is 5. The van der Waals surface area contributed by atoms with Crippen molar-refractivity contribution >= 4 is 5.97 Å². The van der Waals surface area contributed by atoms with Crippen molar-refractivity contribution in [1.29, 1.82) is 0 Å². The Labute approximate surface area is 194 Å². The van der Waals surface area contributed by atoms with Crippen LogP contribution >= 0.6 is 0 Å². The molecule has 1 aromatic heterocycles. The molecule has 3 aliphatic heterocycles. The quantitative estimate of drug-likeness (QED) is 0.689. The molecule has 0 aliphatic carbocycles. The molecular formula is C24H32N6O3. The molecule has 2 fully saturated rings. The van der Waals surface area contributed by atoms with Crippen molar-refractivity contribution < 1.29 is 14.6 Å². The van der Waals surface area contributed by atoms with E-state index >= 15 is 0 Å². The molecule has 2 aromatic rings. The molecule has 9 heteroatoms. The van der Waals surface area contributed by atoms with Gasteiger partial charge >= 0.3 is 5.97 Å². The number of tetrazole rings is 1. The van der Waals surface area contributed by atoms with Crippen molar-refractivity contribution in [3.63, 3.8) is 0 Å². The van der Waals surface area contributed by atoms with Crippen LogP contribution in [0.15, 0.2) is 35.8 Å². The number of β-amino-alcohol motifs (C(OH)–C–C–N with tert-alkyl or cyclic N) is 1. The summed E-state index contributed by atoms with van der Waals surface area (Å²) >= 11 is 0. The molecule has 5 rings (SSSR count). The molecule has 4 heterocycles. The standard InChI is InChI=1S/C24H32N6O3/c1-17-13-19(30-16-25-26-27-30)3-4-20(17)22(31)14-28-9-5-24(6-10-28)7-11-29(12-8-24)21-15-33-23(32)18(21)2/h3-4,13,16,22,31H,5-12,14-15H2,1-2H3. The molecule has 1 unspecified atom stereocenters. The van der Waals surface area contributed by atoms with Crippen LogP contribution in [0.2, 0.25) is 0 Å². The van der Waals surface area contributed by atoms with Gasteiger partial charge in [-0.3, -0.25) is 0 Å². The van der Waals surface area contributed by atoms with Crippen LogP contribution in [-0.2, 0) is 9.53 Å². The number of hydrogen-bond acceptors (Lipinski definition) is 8. The molecule has 1 spiro atoms. The van der Waals surface area contributed by atoms with Gasteiger partial charge in [0.15, 0.2) is 0 Å². The minimum absolute atomic E-state index is 0.169. The summed E-state index contributed by atoms with van der Waals surface area (Å²) in [7, 11) is 0. The van der Waals surface area contributed by atoms with Crippen LogP contribution in [0.25, 0.3) is 5.69 Å². The number of benzene rings is 1. The fraction of sp³-hybridized carbons (Fsp3) is 0.583. The van der Waals surface area contributed by atoms with Gasteiger partial charge in [-0.25, -0.2) is 9.48 Å². The predicted molar refractivity (Wildman–Crippen MR) is 121 cm³/mol. The number of nitrogens with zero attached hydrogens (tertiary/aromatic N) is 6. The Morgan fingerprint density at radius 2 is 1.85 bits per heavy atom. The topological polar surface area (TPSA) is 96.6 Å². The summed E-state index contributed by atoms with van der Waals surface area (Å²) in [4.78, 5) is 16.4. The zero-order valence-electron chi connectivity index (χ0n) is 19.4. The normalized spacial score (nSPS) is 22.2. The summed E-state index contributed by atoms with van der Waals surface area (Å²) < 4.78 is 6.81. The van der Waals surface area contributed by atoms with Gasteiger partial charge in [-0.05, 0) is 91.7 Å². The van der Waals surface area contributed by atoms with E-state index in [1.54, 1.807) is 11.0 Å². The van der Waals surface area contributed by atoms with Gasteiger partial charge in [0.25, 0.3) is 0 Å². The van der Waals surface area contributed by atoms with Gasteiger partial charge in [-0.2, -0.15) is 0 Å². The van der Waals surface area contributed by atoms with E-state index in [0.717, 1.165) is 79.9 Å². The number of esters is 1. The number of ether oxygens (including phenoxy) is 1. The summed E-state index contributed by atoms with van der Waals surface area (Å²) in [5.41, 5.74) is 5.12. The summed E-state index contributed by atoms with van der Waals surface area (Å²) in [6.07, 6.45) is 5.70. The molecule has 3 aliphatic rings. The Morgan fingerprint density at radius 1 is 1.12 bits per heavy atom. The number of carbonyl (C=O) groups is 1. The van der Waals surface area contributed by atoms with Crippen molar-refractivity contribution in [2.75, 3.05) is 39.3 Å². The first-order valence-electron chi connectivity index (χ1n) is 11.8. The maximum atomic E-state index is 11.7. The molecule has 0 saturated carbocycles. The van der Waals surface area contributed by atoms with Crippen molar-refractivity contribution in [2.45, 2.75) is 45.6 Å². The van der Waals surface area contributed by atoms with E-state index < -0.39 is 6.10 Å². The number of aromatic nitrogens is 4. The van der Waals surface area contributed by atoms with Gasteiger partial charge in [0.2, 0.25) is 0 Å². The third-order valence-electron chi connectivity index (χ3n) is 7.86. The first-order valence-corrected chi connectivity index (χ1v) is 11.8. The first kappa shape index (κ1) is 22.0. The highest BCUT2D eigenvalue weighted by Crippen LogP contribution is 2.42. The SMILES string of the molecule is CC1=C(N2CCC3(CCN(CC(O)c4ccc(-n5cnnn5)cc4C)CC3)CC2)COC1=O. The Kier molecular flexibility index (Phi) is 5.92. The second-order valence-corrected chi connectivity index (χ2v) is 9.75. The molecule has 0 bridgehead atoms. The van der Waals surface area contributed by atoms with E-state index in [-0.39, 0.29) is 5.97 Å². The number of carbonyl (C=O) groups excluding carboxylic acids is 1. The molecule has 9 nitrogen and oxygen atoms in total. The van der Waals surface area contributed by atoms with Crippen molar-refractivity contribution in [1.82, 2.24) is 30.0 Å². The molecule has 1 N–H and O–H groups in total. The second-order valence-electron chi connectivity index (χ2n) is 9.75. The maximum absolute atomic E-state index is 11.7. The van der Waals surface area contributed by atoms with Gasteiger partial charge in [0, 0.05) is 19.6 Å². The Balaban J connectivity index is 1.14. The average Bonchev–Trinajstić information content (AvgIpc) is 3.47. The third kappa shape index (κ3) is 4.39. The highest BCUT2D eigenvalue weighted by Gasteiger charge is 2.39. The number of piperidine rings is 2. The largest absolute Gasteiger partial charge is 0.456 e. The van der Waals surface area contributed by atoms with Crippen LogP contribution < -0.4 is 0 Å². The van der Waals surface area contributed by atoms with E-state index in [1.165, 1.54) is 0 Å². The van der Waals surface area contributed by atoms with Crippen LogP contribution in [0.4, 0.5) is 0 Å². The van der Waals surface area contributed by atoms with Crippen LogP contribution in [0.1, 0.15) is 49.8 Å². The van der Waals surface area contributed by atoms with E-state index in [1.807, 2.05) is 32.0 Å². The van der Waals surface area contributed by atoms with Gasteiger partial charge in [-0.15, -0.1) is 5.10 Å². The zero-order chi connectivity index (χ0) is 23.0. The smallest absolute Gasteiger partial charge is 0.335 e. The third-order valence-corrected chi connectivity index (χ3v) is 7.86. The van der Waals surface area contributed by atoms with E-state index in [0.29, 0.717) is 18.6 Å². The summed E-state index contributed by atoms with van der Waals surface area (Å²) in [5, 5.41) is 22.2. The number of cyclic esters (lactones) is 1. The highest BCUT2D eigenvalue weighted by atomic mass is 16.5. The monoisotopic (exact) mass is 452 g/mol. The number of aliphatic hydroxyl groups excluding tert-OH is 1. The summed E-state index contributed by atoms with van der Waals surface area (Å²) in [6, 6.07) is 5.93. The van der Waals surface area contributed by atoms with Crippen molar-refractivity contribution in [2.24, 2.45) is 5.41 Å². The second kappa shape index (κ2) is 8.87. The molecule has 176 valence electrons. The average molecular weight is 453 g/mol. The lowest BCUT2D eigenvalue weighted by molar-refractivity contribution is -0.136. The molecule has 2 saturated heterocycles. The number of aryl methyl sites for hydroxylation is 1. The van der Waals surface area contributed by atoms with E-state index in [2.05, 4.69) is 25.3 Å². The van der Waals surface area contributed by atoms with Gasteiger partial charge in [0.05, 0.1) is 23.1 Å². The van der Waals surface area contributed by atoms with Gasteiger partial charge in [-0.1, -0.05) is 6.07 Å². The summed E-state index contributed by atoms with van der Waals surface area (Å²) in [5.74, 6) is -0.169. The van der Waals surface area contributed by atoms with Crippen molar-refractivity contribution in [3.8, 4) is 5.69 Å². The highest BCUT2D eigenvalue weighted by molar-refractivity contribution is 5.90. The molecular weight excluding hydrogens is 420 g/mol. The van der Waals surface area contributed by atoms with Gasteiger partial charge < -0.3 is 19.6 Å². The lowest BCUT2D eigenvalue weighted by Crippen LogP contribution is -2.47. The Hall–Kier alpha value is -2.78. The minimum atomic E-state index is -0.515. The molecule has 33 heavy (non-hydrogen) atoms. The number of hydrogen-bond donors (Lipinski definition) is 1. The fourth-order valence-corrected chi connectivity index (χ4v) is 5.56. The van der Waals surface area contributed by atoms with Crippen molar-refractivity contribution in [3.05, 3.63) is 46.9 Å².